The van der Waals surface area contributed by atoms with E-state index in [1.165, 1.54) is 47.4 Å². The smallest absolute Gasteiger partial charge is 0.338 e. The van der Waals surface area contributed by atoms with E-state index in [9.17, 15) is 19.2 Å². The number of hydrogen-bond donors (Lipinski definition) is 0. The zero-order chi connectivity index (χ0) is 24.2. The predicted octanol–water partition coefficient (Wildman–Crippen LogP) is 4.54. The first-order valence-electron chi connectivity index (χ1n) is 11.2. The van der Waals surface area contributed by atoms with Gasteiger partial charge in [-0.1, -0.05) is 36.0 Å². The summed E-state index contributed by atoms with van der Waals surface area (Å²) in [5.74, 6) is -1.64. The van der Waals surface area contributed by atoms with Crippen molar-refractivity contribution in [1.82, 2.24) is 4.90 Å². The van der Waals surface area contributed by atoms with Crippen LogP contribution in [-0.4, -0.2) is 54.2 Å². The molecular weight excluding hydrogens is 479 g/mol. The molecule has 0 N–H and O–H groups in total. The second kappa shape index (κ2) is 10.7. The molecule has 0 bridgehead atoms. The minimum Gasteiger partial charge on any atom is -0.454 e. The number of ether oxygens (including phenoxy) is 1. The normalized spacial score (nSPS) is 19.2. The summed E-state index contributed by atoms with van der Waals surface area (Å²) in [7, 11) is 0. The summed E-state index contributed by atoms with van der Waals surface area (Å²) in [4.78, 5) is 53.7. The monoisotopic (exact) mass is 502 g/mol. The molecule has 2 aliphatic heterocycles. The van der Waals surface area contributed by atoms with Gasteiger partial charge in [-0.2, -0.15) is 0 Å². The van der Waals surface area contributed by atoms with Crippen LogP contribution < -0.4 is 4.90 Å². The van der Waals surface area contributed by atoms with E-state index >= 15 is 0 Å². The molecule has 0 radical (unpaired) electrons. The van der Waals surface area contributed by atoms with Gasteiger partial charge in [0.25, 0.3) is 5.91 Å². The van der Waals surface area contributed by atoms with Gasteiger partial charge in [0.05, 0.1) is 28.7 Å². The van der Waals surface area contributed by atoms with Gasteiger partial charge in [0.1, 0.15) is 0 Å². The summed E-state index contributed by atoms with van der Waals surface area (Å²) in [6, 6.07) is 10.0. The van der Waals surface area contributed by atoms with Crippen molar-refractivity contribution in [2.45, 2.75) is 38.1 Å². The van der Waals surface area contributed by atoms with E-state index in [4.69, 9.17) is 27.9 Å². The van der Waals surface area contributed by atoms with Gasteiger partial charge >= 0.3 is 5.97 Å². The van der Waals surface area contributed by atoms with Crippen molar-refractivity contribution in [3.05, 3.63) is 63.6 Å². The number of ketones is 1. The highest BCUT2D eigenvalue weighted by atomic mass is 35.5. The molecule has 0 saturated carbocycles. The van der Waals surface area contributed by atoms with Crippen LogP contribution in [0.5, 0.6) is 0 Å². The number of anilines is 1. The summed E-state index contributed by atoms with van der Waals surface area (Å²) >= 11 is 11.9. The molecule has 7 nitrogen and oxygen atoms in total. The Labute approximate surface area is 207 Å². The fraction of sp³-hybridized carbons (Fsp3) is 0.360. The van der Waals surface area contributed by atoms with Crippen LogP contribution in [0, 0.1) is 0 Å². The van der Waals surface area contributed by atoms with Crippen LogP contribution in [0.1, 0.15) is 52.8 Å². The lowest BCUT2D eigenvalue weighted by molar-refractivity contribution is -0.122. The van der Waals surface area contributed by atoms with E-state index in [-0.39, 0.29) is 34.4 Å². The summed E-state index contributed by atoms with van der Waals surface area (Å²) < 4.78 is 5.11. The third kappa shape index (κ3) is 5.32. The first kappa shape index (κ1) is 24.4. The first-order chi connectivity index (χ1) is 16.3. The van der Waals surface area contributed by atoms with Crippen molar-refractivity contribution in [1.29, 1.82) is 0 Å². The van der Waals surface area contributed by atoms with E-state index < -0.39 is 24.4 Å². The number of likely N-dealkylation sites (tertiary alicyclic amines) is 1. The Balaban J connectivity index is 1.38. The van der Waals surface area contributed by atoms with Crippen molar-refractivity contribution >= 4 is 52.5 Å². The number of benzene rings is 2. The molecule has 2 aliphatic rings. The van der Waals surface area contributed by atoms with Crippen molar-refractivity contribution in [2.75, 3.05) is 24.6 Å². The maximum atomic E-state index is 13.0. The molecule has 178 valence electrons. The third-order valence-electron chi connectivity index (χ3n) is 6.13. The van der Waals surface area contributed by atoms with Gasteiger partial charge in [0.15, 0.2) is 6.61 Å². The Kier molecular flexibility index (Phi) is 7.66. The number of hydrogen-bond acceptors (Lipinski definition) is 6. The number of nitrogens with zero attached hydrogens (tertiary/aromatic N) is 2. The molecule has 0 aliphatic carbocycles. The summed E-state index contributed by atoms with van der Waals surface area (Å²) in [5.41, 5.74) is 0.814. The van der Waals surface area contributed by atoms with Crippen molar-refractivity contribution in [3.8, 4) is 0 Å². The molecule has 1 unspecified atom stereocenters. The standard InChI is InChI=1S/C25H24Cl2N2O5/c26-17-7-10-19(20(27)13-17)22(30)15-34-25(33)16-5-8-18(9-6-16)29-23(31)14-21(24(29)32)28-11-3-1-2-4-12-28/h5-10,13,21H,1-4,11-12,14-15H2. The molecule has 9 heteroatoms. The van der Waals surface area contributed by atoms with Gasteiger partial charge in [-0.15, -0.1) is 0 Å². The molecular formula is C25H24Cl2N2O5. The highest BCUT2D eigenvalue weighted by molar-refractivity contribution is 6.36. The topological polar surface area (TPSA) is 84.0 Å². The predicted molar refractivity (Wildman–Crippen MR) is 128 cm³/mol. The molecule has 34 heavy (non-hydrogen) atoms. The zero-order valence-corrected chi connectivity index (χ0v) is 20.0. The first-order valence-corrected chi connectivity index (χ1v) is 12.0. The summed E-state index contributed by atoms with van der Waals surface area (Å²) in [6.45, 7) is 1.16. The maximum absolute atomic E-state index is 13.0. The molecule has 2 saturated heterocycles. The number of rotatable bonds is 6. The molecule has 0 aromatic heterocycles. The molecule has 2 heterocycles. The second-order valence-corrected chi connectivity index (χ2v) is 9.25. The molecule has 2 fully saturated rings. The fourth-order valence-electron chi connectivity index (χ4n) is 4.33. The Morgan fingerprint density at radius 2 is 1.62 bits per heavy atom. The lowest BCUT2D eigenvalue weighted by atomic mass is 10.1. The second-order valence-electron chi connectivity index (χ2n) is 8.41. The van der Waals surface area contributed by atoms with Crippen LogP contribution in [0.15, 0.2) is 42.5 Å². The van der Waals surface area contributed by atoms with Crippen LogP contribution in [0.4, 0.5) is 5.69 Å². The highest BCUT2D eigenvalue weighted by Crippen LogP contribution is 2.28. The van der Waals surface area contributed by atoms with Crippen molar-refractivity contribution < 1.29 is 23.9 Å². The van der Waals surface area contributed by atoms with Gasteiger partial charge in [0, 0.05) is 10.6 Å². The molecule has 0 spiro atoms. The van der Waals surface area contributed by atoms with Crippen LogP contribution in [0.25, 0.3) is 0 Å². The zero-order valence-electron chi connectivity index (χ0n) is 18.5. The van der Waals surface area contributed by atoms with E-state index in [0.29, 0.717) is 10.7 Å². The van der Waals surface area contributed by atoms with Crippen LogP contribution >= 0.6 is 23.2 Å². The summed E-state index contributed by atoms with van der Waals surface area (Å²) in [6.07, 6.45) is 4.51. The van der Waals surface area contributed by atoms with E-state index in [0.717, 1.165) is 38.8 Å². The largest absolute Gasteiger partial charge is 0.454 e. The van der Waals surface area contributed by atoms with E-state index in [2.05, 4.69) is 4.90 Å². The van der Waals surface area contributed by atoms with Crippen LogP contribution in [0.2, 0.25) is 10.0 Å². The number of carbonyl (C=O) groups excluding carboxylic acids is 4. The molecule has 4 rings (SSSR count). The molecule has 1 atom stereocenters. The average molecular weight is 503 g/mol. The van der Waals surface area contributed by atoms with E-state index in [1.807, 2.05) is 0 Å². The lowest BCUT2D eigenvalue weighted by Gasteiger charge is -2.25. The fourth-order valence-corrected chi connectivity index (χ4v) is 4.85. The number of Topliss-reactive ketones (excluding diaryl/α,β-unsaturated/α-hetero) is 1. The van der Waals surface area contributed by atoms with Gasteiger partial charge in [-0.25, -0.2) is 9.69 Å². The van der Waals surface area contributed by atoms with Crippen molar-refractivity contribution in [3.63, 3.8) is 0 Å². The Morgan fingerprint density at radius 3 is 2.26 bits per heavy atom. The quantitative estimate of drug-likeness (QED) is 0.327. The number of halogens is 2. The van der Waals surface area contributed by atoms with Crippen LogP contribution in [0.3, 0.4) is 0 Å². The molecule has 2 aromatic carbocycles. The minimum atomic E-state index is -0.702. The summed E-state index contributed by atoms with van der Waals surface area (Å²) in [5, 5.41) is 0.572. The Hall–Kier alpha value is -2.74. The number of imide groups is 1. The maximum Gasteiger partial charge on any atom is 0.338 e. The lowest BCUT2D eigenvalue weighted by Crippen LogP contribution is -2.42. The number of esters is 1. The Morgan fingerprint density at radius 1 is 0.941 bits per heavy atom. The number of carbonyl (C=O) groups is 4. The van der Waals surface area contributed by atoms with Gasteiger partial charge < -0.3 is 4.74 Å². The SMILES string of the molecule is O=C(OCC(=O)c1ccc(Cl)cc1Cl)c1ccc(N2C(=O)CC(N3CCCCCC3)C2=O)cc1. The minimum absolute atomic E-state index is 0.165. The average Bonchev–Trinajstić information content (AvgIpc) is 2.98. The van der Waals surface area contributed by atoms with Gasteiger partial charge in [0.2, 0.25) is 11.7 Å². The third-order valence-corrected chi connectivity index (χ3v) is 6.68. The van der Waals surface area contributed by atoms with Crippen molar-refractivity contribution in [2.24, 2.45) is 0 Å². The highest BCUT2D eigenvalue weighted by Gasteiger charge is 2.42. The van der Waals surface area contributed by atoms with Gasteiger partial charge in [-0.05, 0) is 68.4 Å². The Bertz CT molecular complexity index is 1110. The molecule has 2 aromatic rings. The molecule has 2 amide bonds. The van der Waals surface area contributed by atoms with E-state index in [1.54, 1.807) is 0 Å². The van der Waals surface area contributed by atoms with Crippen LogP contribution in [-0.2, 0) is 14.3 Å². The number of amides is 2. The van der Waals surface area contributed by atoms with Gasteiger partial charge in [-0.3, -0.25) is 19.3 Å².